The standard InChI is InChI=1S/C19H30N2O4/c1-13-7-6-8-14(2)21(13)10-9-20-19(22)15-11-16(23-3)18(25-5)17(12-15)24-4/h11-14H,6-10H2,1-5H3,(H,20,22). The third-order valence-electron chi connectivity index (χ3n) is 4.96. The first kappa shape index (κ1) is 19.4. The highest BCUT2D eigenvalue weighted by molar-refractivity contribution is 5.95. The summed E-state index contributed by atoms with van der Waals surface area (Å²) in [6.45, 7) is 6.00. The van der Waals surface area contributed by atoms with E-state index in [1.54, 1.807) is 19.2 Å². The smallest absolute Gasteiger partial charge is 0.251 e. The first-order valence-electron chi connectivity index (χ1n) is 8.85. The number of rotatable bonds is 7. The minimum atomic E-state index is -0.142. The van der Waals surface area contributed by atoms with Gasteiger partial charge in [0.2, 0.25) is 5.75 Å². The summed E-state index contributed by atoms with van der Waals surface area (Å²) in [6, 6.07) is 4.48. The average Bonchev–Trinajstić information content (AvgIpc) is 2.62. The zero-order valence-corrected chi connectivity index (χ0v) is 15.9. The summed E-state index contributed by atoms with van der Waals surface area (Å²) >= 11 is 0. The Hall–Kier alpha value is -1.95. The lowest BCUT2D eigenvalue weighted by Crippen LogP contribution is -2.47. The maximum absolute atomic E-state index is 12.5. The molecule has 0 bridgehead atoms. The number of methoxy groups -OCH3 is 3. The number of benzene rings is 1. The molecule has 0 saturated carbocycles. The van der Waals surface area contributed by atoms with Gasteiger partial charge in [-0.2, -0.15) is 0 Å². The van der Waals surface area contributed by atoms with Crippen molar-refractivity contribution in [2.45, 2.75) is 45.2 Å². The van der Waals surface area contributed by atoms with E-state index in [4.69, 9.17) is 14.2 Å². The molecule has 0 aromatic heterocycles. The molecule has 0 spiro atoms. The summed E-state index contributed by atoms with van der Waals surface area (Å²) in [5.41, 5.74) is 0.495. The van der Waals surface area contributed by atoms with E-state index in [0.717, 1.165) is 6.54 Å². The number of piperidine rings is 1. The van der Waals surface area contributed by atoms with E-state index in [2.05, 4.69) is 24.1 Å². The van der Waals surface area contributed by atoms with Crippen molar-refractivity contribution in [3.8, 4) is 17.2 Å². The molecule has 1 saturated heterocycles. The first-order valence-corrected chi connectivity index (χ1v) is 8.85. The molecule has 1 amide bonds. The van der Waals surface area contributed by atoms with E-state index in [1.165, 1.54) is 33.5 Å². The SMILES string of the molecule is COc1cc(C(=O)NCCN2C(C)CCCC2C)cc(OC)c1OC. The van der Waals surface area contributed by atoms with E-state index >= 15 is 0 Å². The third kappa shape index (κ3) is 4.57. The lowest BCUT2D eigenvalue weighted by molar-refractivity contribution is 0.0888. The Labute approximate surface area is 150 Å². The van der Waals surface area contributed by atoms with Gasteiger partial charge in [-0.05, 0) is 38.8 Å². The second-order valence-corrected chi connectivity index (χ2v) is 6.54. The fourth-order valence-electron chi connectivity index (χ4n) is 3.53. The van der Waals surface area contributed by atoms with Crippen molar-refractivity contribution >= 4 is 5.91 Å². The van der Waals surface area contributed by atoms with Gasteiger partial charge in [-0.15, -0.1) is 0 Å². The van der Waals surface area contributed by atoms with E-state index < -0.39 is 0 Å². The molecule has 0 radical (unpaired) electrons. The first-order chi connectivity index (χ1) is 12.0. The van der Waals surface area contributed by atoms with Crippen LogP contribution in [0.15, 0.2) is 12.1 Å². The Morgan fingerprint density at radius 3 is 2.12 bits per heavy atom. The van der Waals surface area contributed by atoms with Gasteiger partial charge in [-0.25, -0.2) is 0 Å². The van der Waals surface area contributed by atoms with Crippen molar-refractivity contribution < 1.29 is 19.0 Å². The molecule has 1 fully saturated rings. The summed E-state index contributed by atoms with van der Waals surface area (Å²) in [6.07, 6.45) is 3.74. The van der Waals surface area contributed by atoms with Gasteiger partial charge < -0.3 is 19.5 Å². The van der Waals surface area contributed by atoms with Crippen LogP contribution in [0.1, 0.15) is 43.5 Å². The van der Waals surface area contributed by atoms with Gasteiger partial charge >= 0.3 is 0 Å². The molecule has 2 rings (SSSR count). The fourth-order valence-corrected chi connectivity index (χ4v) is 3.53. The Bertz CT molecular complexity index is 556. The van der Waals surface area contributed by atoms with Crippen molar-refractivity contribution in [2.75, 3.05) is 34.4 Å². The topological polar surface area (TPSA) is 60.0 Å². The van der Waals surface area contributed by atoms with Crippen molar-refractivity contribution in [3.05, 3.63) is 17.7 Å². The zero-order chi connectivity index (χ0) is 18.4. The van der Waals surface area contributed by atoms with Crippen LogP contribution < -0.4 is 19.5 Å². The lowest BCUT2D eigenvalue weighted by Gasteiger charge is -2.39. The molecular weight excluding hydrogens is 320 g/mol. The minimum absolute atomic E-state index is 0.142. The highest BCUT2D eigenvalue weighted by Gasteiger charge is 2.24. The Kier molecular flexibility index (Phi) is 6.93. The van der Waals surface area contributed by atoms with E-state index in [0.29, 0.717) is 41.4 Å². The van der Waals surface area contributed by atoms with Crippen LogP contribution >= 0.6 is 0 Å². The number of hydrogen-bond acceptors (Lipinski definition) is 5. The fraction of sp³-hybridized carbons (Fsp3) is 0.632. The van der Waals surface area contributed by atoms with Crippen LogP contribution in [0.4, 0.5) is 0 Å². The van der Waals surface area contributed by atoms with Crippen LogP contribution in [0.3, 0.4) is 0 Å². The quantitative estimate of drug-likeness (QED) is 0.819. The molecular formula is C19H30N2O4. The number of carbonyl (C=O) groups excluding carboxylic acids is 1. The second-order valence-electron chi connectivity index (χ2n) is 6.54. The van der Waals surface area contributed by atoms with Crippen LogP contribution in [-0.4, -0.2) is 57.3 Å². The number of likely N-dealkylation sites (tertiary alicyclic amines) is 1. The second kappa shape index (κ2) is 8.94. The van der Waals surface area contributed by atoms with Crippen molar-refractivity contribution in [1.82, 2.24) is 10.2 Å². The molecule has 6 nitrogen and oxygen atoms in total. The molecule has 6 heteroatoms. The molecule has 1 aliphatic rings. The zero-order valence-electron chi connectivity index (χ0n) is 15.9. The van der Waals surface area contributed by atoms with Gasteiger partial charge in [-0.1, -0.05) is 6.42 Å². The Balaban J connectivity index is 2.01. The van der Waals surface area contributed by atoms with Crippen LogP contribution in [-0.2, 0) is 0 Å². The summed E-state index contributed by atoms with van der Waals surface area (Å²) in [4.78, 5) is 15.0. The molecule has 2 unspecified atom stereocenters. The van der Waals surface area contributed by atoms with Crippen LogP contribution in [0.5, 0.6) is 17.2 Å². The van der Waals surface area contributed by atoms with E-state index in [-0.39, 0.29) is 5.91 Å². The lowest BCUT2D eigenvalue weighted by atomic mass is 9.98. The number of carbonyl (C=O) groups is 1. The van der Waals surface area contributed by atoms with Crippen LogP contribution in [0, 0.1) is 0 Å². The predicted molar refractivity (Wildman–Crippen MR) is 97.9 cm³/mol. The van der Waals surface area contributed by atoms with Crippen molar-refractivity contribution in [3.63, 3.8) is 0 Å². The third-order valence-corrected chi connectivity index (χ3v) is 4.96. The monoisotopic (exact) mass is 350 g/mol. The molecule has 1 aromatic carbocycles. The Morgan fingerprint density at radius 2 is 1.64 bits per heavy atom. The molecule has 1 aromatic rings. The number of hydrogen-bond donors (Lipinski definition) is 1. The average molecular weight is 350 g/mol. The summed E-state index contributed by atoms with van der Waals surface area (Å²) < 4.78 is 15.9. The number of ether oxygens (including phenoxy) is 3. The minimum Gasteiger partial charge on any atom is -0.493 e. The number of nitrogens with zero attached hydrogens (tertiary/aromatic N) is 1. The molecule has 1 N–H and O–H groups in total. The summed E-state index contributed by atoms with van der Waals surface area (Å²) in [5, 5.41) is 2.99. The number of amides is 1. The highest BCUT2D eigenvalue weighted by Crippen LogP contribution is 2.38. The Morgan fingerprint density at radius 1 is 1.08 bits per heavy atom. The molecule has 25 heavy (non-hydrogen) atoms. The van der Waals surface area contributed by atoms with E-state index in [9.17, 15) is 4.79 Å². The van der Waals surface area contributed by atoms with Crippen molar-refractivity contribution in [1.29, 1.82) is 0 Å². The van der Waals surface area contributed by atoms with E-state index in [1.807, 2.05) is 0 Å². The molecule has 1 aliphatic heterocycles. The van der Waals surface area contributed by atoms with Crippen LogP contribution in [0.2, 0.25) is 0 Å². The maximum atomic E-state index is 12.5. The highest BCUT2D eigenvalue weighted by atomic mass is 16.5. The molecule has 1 heterocycles. The molecule has 0 aliphatic carbocycles. The van der Waals surface area contributed by atoms with Gasteiger partial charge in [0.05, 0.1) is 21.3 Å². The summed E-state index contributed by atoms with van der Waals surface area (Å²) in [5.74, 6) is 1.30. The van der Waals surface area contributed by atoms with Crippen molar-refractivity contribution in [2.24, 2.45) is 0 Å². The molecule has 2 atom stereocenters. The summed E-state index contributed by atoms with van der Waals surface area (Å²) in [7, 11) is 4.62. The molecule has 140 valence electrons. The van der Waals surface area contributed by atoms with Gasteiger partial charge in [-0.3, -0.25) is 9.69 Å². The normalized spacial score (nSPS) is 20.8. The predicted octanol–water partition coefficient (Wildman–Crippen LogP) is 2.71. The van der Waals surface area contributed by atoms with Gasteiger partial charge in [0.25, 0.3) is 5.91 Å². The van der Waals surface area contributed by atoms with Gasteiger partial charge in [0.1, 0.15) is 0 Å². The number of nitrogens with one attached hydrogen (secondary N) is 1. The van der Waals surface area contributed by atoms with Gasteiger partial charge in [0.15, 0.2) is 11.5 Å². The van der Waals surface area contributed by atoms with Gasteiger partial charge in [0, 0.05) is 30.7 Å². The largest absolute Gasteiger partial charge is 0.493 e. The maximum Gasteiger partial charge on any atom is 0.251 e. The van der Waals surface area contributed by atoms with Crippen LogP contribution in [0.25, 0.3) is 0 Å².